The summed E-state index contributed by atoms with van der Waals surface area (Å²) in [6, 6.07) is 2.90. The molecule has 0 bridgehead atoms. The Hall–Kier alpha value is -1.36. The largest absolute Gasteiger partial charge is 0.337 e. The van der Waals surface area contributed by atoms with Crippen LogP contribution < -0.4 is 0 Å². The molecule has 1 atom stereocenters. The molecule has 2 aliphatic rings. The molecule has 5 nitrogen and oxygen atoms in total. The summed E-state index contributed by atoms with van der Waals surface area (Å²) in [5, 5.41) is 4.27. The molecular weight excluding hydrogens is 252 g/mol. The number of carbonyl (C=O) groups is 1. The molecule has 20 heavy (non-hydrogen) atoms. The molecular formula is C15H24N4O. The van der Waals surface area contributed by atoms with Crippen molar-refractivity contribution in [2.75, 3.05) is 20.1 Å². The van der Waals surface area contributed by atoms with Crippen molar-refractivity contribution in [1.29, 1.82) is 0 Å². The first-order chi connectivity index (χ1) is 9.74. The molecule has 0 N–H and O–H groups in total. The molecule has 5 heteroatoms. The monoisotopic (exact) mass is 276 g/mol. The number of piperidine rings is 1. The average molecular weight is 276 g/mol. The van der Waals surface area contributed by atoms with E-state index < -0.39 is 0 Å². The second-order valence-electron chi connectivity index (χ2n) is 6.11. The van der Waals surface area contributed by atoms with Gasteiger partial charge in [-0.2, -0.15) is 5.10 Å². The summed E-state index contributed by atoms with van der Waals surface area (Å²) in [4.78, 5) is 16.8. The minimum Gasteiger partial charge on any atom is -0.337 e. The number of nitrogens with zero attached hydrogens (tertiary/aromatic N) is 4. The Bertz CT molecular complexity index is 441. The highest BCUT2D eigenvalue weighted by molar-refractivity contribution is 5.78. The second kappa shape index (κ2) is 5.95. The van der Waals surface area contributed by atoms with E-state index in [2.05, 4.69) is 21.9 Å². The summed E-state index contributed by atoms with van der Waals surface area (Å²) in [7, 11) is 2.07. The van der Waals surface area contributed by atoms with Crippen LogP contribution in [-0.4, -0.2) is 57.7 Å². The molecule has 0 aromatic carbocycles. The van der Waals surface area contributed by atoms with Gasteiger partial charge in [0.2, 0.25) is 5.91 Å². The lowest BCUT2D eigenvalue weighted by molar-refractivity contribution is -0.136. The number of rotatable bonds is 5. The van der Waals surface area contributed by atoms with Crippen LogP contribution >= 0.6 is 0 Å². The first-order valence-electron chi connectivity index (χ1n) is 7.71. The smallest absolute Gasteiger partial charge is 0.237 e. The highest BCUT2D eigenvalue weighted by atomic mass is 16.2. The van der Waals surface area contributed by atoms with Crippen molar-refractivity contribution in [3.63, 3.8) is 0 Å². The third-order valence-electron chi connectivity index (χ3n) is 4.46. The summed E-state index contributed by atoms with van der Waals surface area (Å²) in [5.41, 5.74) is 0. The molecule has 1 aromatic heterocycles. The molecule has 3 rings (SSSR count). The molecule has 1 aliphatic carbocycles. The summed E-state index contributed by atoms with van der Waals surface area (Å²) in [6.45, 7) is 2.30. The Morgan fingerprint density at radius 3 is 2.90 bits per heavy atom. The zero-order valence-electron chi connectivity index (χ0n) is 12.2. The number of aromatic nitrogens is 2. The molecule has 110 valence electrons. The van der Waals surface area contributed by atoms with Gasteiger partial charge < -0.3 is 4.90 Å². The molecule has 2 heterocycles. The highest BCUT2D eigenvalue weighted by Gasteiger charge is 2.31. The molecule has 1 saturated carbocycles. The normalized spacial score (nSPS) is 23.3. The van der Waals surface area contributed by atoms with E-state index in [0.29, 0.717) is 18.6 Å². The van der Waals surface area contributed by atoms with E-state index in [0.717, 1.165) is 25.9 Å². The number of carbonyl (C=O) groups excluding carboxylic acids is 1. The van der Waals surface area contributed by atoms with Crippen LogP contribution in [0, 0.1) is 0 Å². The van der Waals surface area contributed by atoms with E-state index in [-0.39, 0.29) is 5.91 Å². The minimum absolute atomic E-state index is 0.288. The van der Waals surface area contributed by atoms with Crippen LogP contribution in [0.2, 0.25) is 0 Å². The van der Waals surface area contributed by atoms with Gasteiger partial charge in [-0.3, -0.25) is 14.4 Å². The topological polar surface area (TPSA) is 41.4 Å². The predicted octanol–water partition coefficient (Wildman–Crippen LogP) is 1.36. The maximum absolute atomic E-state index is 12.5. The van der Waals surface area contributed by atoms with Crippen molar-refractivity contribution in [3.05, 3.63) is 18.5 Å². The third kappa shape index (κ3) is 3.20. The third-order valence-corrected chi connectivity index (χ3v) is 4.46. The molecule has 1 aliphatic heterocycles. The van der Waals surface area contributed by atoms with Gasteiger partial charge in [0, 0.05) is 25.0 Å². The van der Waals surface area contributed by atoms with Crippen LogP contribution in [0.25, 0.3) is 0 Å². The van der Waals surface area contributed by atoms with Gasteiger partial charge >= 0.3 is 0 Å². The molecule has 0 radical (unpaired) electrons. The Morgan fingerprint density at radius 1 is 1.35 bits per heavy atom. The van der Waals surface area contributed by atoms with Crippen molar-refractivity contribution in [2.45, 2.75) is 50.7 Å². The Morgan fingerprint density at radius 2 is 2.20 bits per heavy atom. The van der Waals surface area contributed by atoms with Gasteiger partial charge in [0.1, 0.15) is 0 Å². The van der Waals surface area contributed by atoms with Gasteiger partial charge in [0.05, 0.1) is 19.1 Å². The van der Waals surface area contributed by atoms with Gasteiger partial charge in [-0.25, -0.2) is 0 Å². The number of hydrogen-bond acceptors (Lipinski definition) is 3. The molecule has 0 spiro atoms. The number of likely N-dealkylation sites (tertiary alicyclic amines) is 1. The standard InChI is InChI=1S/C15H24N4O/c1-17(13-6-7-13)12-15(20)19-10-3-2-5-14(19)11-18-9-4-8-16-18/h4,8-9,13-14H,2-3,5-7,10-12H2,1H3/t14-/m0/s1. The minimum atomic E-state index is 0.288. The second-order valence-corrected chi connectivity index (χ2v) is 6.11. The van der Waals surface area contributed by atoms with Crippen LogP contribution in [-0.2, 0) is 11.3 Å². The van der Waals surface area contributed by atoms with Gasteiger partial charge in [0.15, 0.2) is 0 Å². The fourth-order valence-corrected chi connectivity index (χ4v) is 3.09. The molecule has 1 amide bonds. The van der Waals surface area contributed by atoms with Crippen molar-refractivity contribution in [3.8, 4) is 0 Å². The maximum atomic E-state index is 12.5. The van der Waals surface area contributed by atoms with Crippen molar-refractivity contribution in [2.24, 2.45) is 0 Å². The van der Waals surface area contributed by atoms with Gasteiger partial charge in [-0.05, 0) is 45.2 Å². The molecule has 0 unspecified atom stereocenters. The van der Waals surface area contributed by atoms with Gasteiger partial charge in [-0.1, -0.05) is 0 Å². The predicted molar refractivity (Wildman–Crippen MR) is 77.2 cm³/mol. The van der Waals surface area contributed by atoms with Crippen LogP contribution in [0.3, 0.4) is 0 Å². The summed E-state index contributed by atoms with van der Waals surface area (Å²) in [6.07, 6.45) is 9.73. The van der Waals surface area contributed by atoms with Gasteiger partial charge in [0.25, 0.3) is 0 Å². The first kappa shape index (κ1) is 13.6. The summed E-state index contributed by atoms with van der Waals surface area (Å²) < 4.78 is 1.95. The van der Waals surface area contributed by atoms with E-state index in [1.807, 2.05) is 16.9 Å². The van der Waals surface area contributed by atoms with Crippen LogP contribution in [0.5, 0.6) is 0 Å². The summed E-state index contributed by atoms with van der Waals surface area (Å²) >= 11 is 0. The fraction of sp³-hybridized carbons (Fsp3) is 0.733. The Balaban J connectivity index is 1.60. The lowest BCUT2D eigenvalue weighted by Gasteiger charge is -2.36. The van der Waals surface area contributed by atoms with Gasteiger partial charge in [-0.15, -0.1) is 0 Å². The first-order valence-corrected chi connectivity index (χ1v) is 7.71. The number of hydrogen-bond donors (Lipinski definition) is 0. The van der Waals surface area contributed by atoms with Crippen molar-refractivity contribution >= 4 is 5.91 Å². The van der Waals surface area contributed by atoms with Crippen molar-refractivity contribution < 1.29 is 4.79 Å². The zero-order valence-corrected chi connectivity index (χ0v) is 12.2. The van der Waals surface area contributed by atoms with Crippen LogP contribution in [0.4, 0.5) is 0 Å². The zero-order chi connectivity index (χ0) is 13.9. The Kier molecular flexibility index (Phi) is 4.05. The SMILES string of the molecule is CN(CC(=O)N1CCCC[C@H]1Cn1cccn1)C1CC1. The maximum Gasteiger partial charge on any atom is 0.237 e. The highest BCUT2D eigenvalue weighted by Crippen LogP contribution is 2.26. The summed E-state index contributed by atoms with van der Waals surface area (Å²) in [5.74, 6) is 0.288. The molecule has 1 saturated heterocycles. The van der Waals surface area contributed by atoms with E-state index in [1.165, 1.54) is 19.3 Å². The lowest BCUT2D eigenvalue weighted by atomic mass is 10.0. The fourth-order valence-electron chi connectivity index (χ4n) is 3.09. The Labute approximate surface area is 120 Å². The quantitative estimate of drug-likeness (QED) is 0.815. The van der Waals surface area contributed by atoms with Crippen LogP contribution in [0.1, 0.15) is 32.1 Å². The van der Waals surface area contributed by atoms with E-state index >= 15 is 0 Å². The average Bonchev–Trinajstić information content (AvgIpc) is 3.18. The molecule has 2 fully saturated rings. The molecule has 1 aromatic rings. The van der Waals surface area contributed by atoms with E-state index in [1.54, 1.807) is 6.20 Å². The van der Waals surface area contributed by atoms with Crippen LogP contribution in [0.15, 0.2) is 18.5 Å². The van der Waals surface area contributed by atoms with Crippen molar-refractivity contribution in [1.82, 2.24) is 19.6 Å². The lowest BCUT2D eigenvalue weighted by Crippen LogP contribution is -2.49. The number of amides is 1. The van der Waals surface area contributed by atoms with E-state index in [4.69, 9.17) is 0 Å². The number of likely N-dealkylation sites (N-methyl/N-ethyl adjacent to an activating group) is 1. The van der Waals surface area contributed by atoms with E-state index in [9.17, 15) is 4.79 Å².